The minimum Gasteiger partial charge on any atom is -0.301 e. The van der Waals surface area contributed by atoms with E-state index in [4.69, 9.17) is 5.26 Å². The smallest absolute Gasteiger partial charge is 0.110 e. The molecule has 0 aromatic carbocycles. The summed E-state index contributed by atoms with van der Waals surface area (Å²) in [6, 6.07) is 6.69. The second kappa shape index (κ2) is 8.13. The van der Waals surface area contributed by atoms with Crippen LogP contribution in [-0.2, 0) is 13.6 Å². The van der Waals surface area contributed by atoms with Crippen molar-refractivity contribution in [2.24, 2.45) is 13.0 Å². The number of likely N-dealkylation sites (tertiary alicyclic amines) is 1. The van der Waals surface area contributed by atoms with Gasteiger partial charge in [0, 0.05) is 42.8 Å². The van der Waals surface area contributed by atoms with Crippen LogP contribution in [0.2, 0.25) is 0 Å². The molecule has 1 saturated heterocycles. The Kier molecular flexibility index (Phi) is 5.89. The molecule has 0 radical (unpaired) electrons. The zero-order valence-electron chi connectivity index (χ0n) is 15.4. The van der Waals surface area contributed by atoms with Crippen LogP contribution in [0.15, 0.2) is 24.5 Å². The van der Waals surface area contributed by atoms with Gasteiger partial charge in [0.15, 0.2) is 0 Å². The Morgan fingerprint density at radius 1 is 1.44 bits per heavy atom. The van der Waals surface area contributed by atoms with Gasteiger partial charge >= 0.3 is 0 Å². The Morgan fingerprint density at radius 3 is 2.92 bits per heavy atom. The fourth-order valence-electron chi connectivity index (χ4n) is 4.03. The topological polar surface area (TPSA) is 48.1 Å². The summed E-state index contributed by atoms with van der Waals surface area (Å²) >= 11 is 1.60. The molecule has 134 valence electrons. The van der Waals surface area contributed by atoms with Crippen LogP contribution in [0.1, 0.15) is 41.1 Å². The predicted molar refractivity (Wildman–Crippen MR) is 101 cm³/mol. The highest BCUT2D eigenvalue weighted by atomic mass is 32.1. The Balaban J connectivity index is 1.70. The standard InChI is InChI=1S/C19H27N5S/c1-4-24-9-5-6-15(19(24)16-11-21-23(3)13-16)12-22(2)14-18-8-7-17(10-20)25-18/h7-8,11,13,15,19H,4-6,9,12,14H2,1-3H3/t15-,19+/m0/s1. The summed E-state index contributed by atoms with van der Waals surface area (Å²) in [5.41, 5.74) is 1.34. The van der Waals surface area contributed by atoms with Gasteiger partial charge in [-0.05, 0) is 51.0 Å². The third-order valence-electron chi connectivity index (χ3n) is 5.08. The zero-order chi connectivity index (χ0) is 17.8. The first kappa shape index (κ1) is 18.1. The van der Waals surface area contributed by atoms with E-state index in [0.717, 1.165) is 24.5 Å². The minimum atomic E-state index is 0.452. The van der Waals surface area contributed by atoms with Crippen LogP contribution in [0, 0.1) is 17.2 Å². The van der Waals surface area contributed by atoms with Crippen LogP contribution in [0.3, 0.4) is 0 Å². The Hall–Kier alpha value is -1.68. The lowest BCUT2D eigenvalue weighted by Crippen LogP contribution is -2.42. The second-order valence-electron chi connectivity index (χ2n) is 7.00. The molecule has 3 rings (SSSR count). The first-order valence-electron chi connectivity index (χ1n) is 9.00. The van der Waals surface area contributed by atoms with Gasteiger partial charge in [0.25, 0.3) is 0 Å². The zero-order valence-corrected chi connectivity index (χ0v) is 16.2. The summed E-state index contributed by atoms with van der Waals surface area (Å²) in [6.07, 6.45) is 6.73. The second-order valence-corrected chi connectivity index (χ2v) is 8.17. The van der Waals surface area contributed by atoms with Crippen molar-refractivity contribution in [1.82, 2.24) is 19.6 Å². The van der Waals surface area contributed by atoms with E-state index >= 15 is 0 Å². The highest BCUT2D eigenvalue weighted by Gasteiger charge is 2.33. The van der Waals surface area contributed by atoms with Crippen molar-refractivity contribution >= 4 is 11.3 Å². The highest BCUT2D eigenvalue weighted by molar-refractivity contribution is 7.12. The molecule has 1 aliphatic rings. The Morgan fingerprint density at radius 2 is 2.28 bits per heavy atom. The minimum absolute atomic E-state index is 0.452. The molecule has 1 aliphatic heterocycles. The van der Waals surface area contributed by atoms with E-state index in [9.17, 15) is 0 Å². The molecule has 0 bridgehead atoms. The molecule has 0 unspecified atom stereocenters. The number of nitriles is 1. The number of hydrogen-bond donors (Lipinski definition) is 0. The molecule has 0 aliphatic carbocycles. The van der Waals surface area contributed by atoms with E-state index in [1.165, 1.54) is 29.8 Å². The van der Waals surface area contributed by atoms with Crippen LogP contribution < -0.4 is 0 Å². The molecule has 2 aromatic rings. The number of piperidine rings is 1. The first-order valence-corrected chi connectivity index (χ1v) is 9.82. The van der Waals surface area contributed by atoms with E-state index in [1.54, 1.807) is 11.3 Å². The number of hydrogen-bond acceptors (Lipinski definition) is 5. The Labute approximate surface area is 154 Å². The van der Waals surface area contributed by atoms with Crippen LogP contribution in [0.4, 0.5) is 0 Å². The molecular weight excluding hydrogens is 330 g/mol. The highest BCUT2D eigenvalue weighted by Crippen LogP contribution is 2.36. The first-order chi connectivity index (χ1) is 12.1. The molecule has 0 spiro atoms. The van der Waals surface area contributed by atoms with Gasteiger partial charge < -0.3 is 4.90 Å². The van der Waals surface area contributed by atoms with E-state index in [0.29, 0.717) is 12.0 Å². The summed E-state index contributed by atoms with van der Waals surface area (Å²) in [5, 5.41) is 13.4. The van der Waals surface area contributed by atoms with Crippen LogP contribution in [0.5, 0.6) is 0 Å². The average Bonchev–Trinajstić information content (AvgIpc) is 3.23. The van der Waals surface area contributed by atoms with Gasteiger partial charge in [0.05, 0.1) is 6.20 Å². The quantitative estimate of drug-likeness (QED) is 0.796. The van der Waals surface area contributed by atoms with Gasteiger partial charge in [-0.15, -0.1) is 11.3 Å². The fraction of sp³-hybridized carbons (Fsp3) is 0.579. The van der Waals surface area contributed by atoms with Gasteiger partial charge in [-0.3, -0.25) is 9.58 Å². The maximum atomic E-state index is 9.00. The summed E-state index contributed by atoms with van der Waals surface area (Å²) in [7, 11) is 4.18. The van der Waals surface area contributed by atoms with E-state index in [-0.39, 0.29) is 0 Å². The van der Waals surface area contributed by atoms with Crippen LogP contribution in [-0.4, -0.2) is 46.3 Å². The van der Waals surface area contributed by atoms with Crippen molar-refractivity contribution < 1.29 is 0 Å². The number of aryl methyl sites for hydroxylation is 1. The summed E-state index contributed by atoms with van der Waals surface area (Å²) in [5.74, 6) is 0.610. The van der Waals surface area contributed by atoms with E-state index in [1.807, 2.05) is 24.0 Å². The number of rotatable bonds is 6. The van der Waals surface area contributed by atoms with E-state index in [2.05, 4.69) is 47.2 Å². The molecule has 0 saturated carbocycles. The molecule has 3 heterocycles. The number of aromatic nitrogens is 2. The SMILES string of the molecule is CCN1CCC[C@@H](CN(C)Cc2ccc(C#N)s2)[C@@H]1c1cnn(C)c1. The van der Waals surface area contributed by atoms with Crippen molar-refractivity contribution in [3.05, 3.63) is 39.8 Å². The van der Waals surface area contributed by atoms with Crippen molar-refractivity contribution in [1.29, 1.82) is 5.26 Å². The third-order valence-corrected chi connectivity index (χ3v) is 6.05. The predicted octanol–water partition coefficient (Wildman–Crippen LogP) is 3.26. The molecular formula is C19H27N5S. The molecule has 0 N–H and O–H groups in total. The third kappa shape index (κ3) is 4.30. The molecule has 0 amide bonds. The molecule has 5 nitrogen and oxygen atoms in total. The van der Waals surface area contributed by atoms with Crippen LogP contribution >= 0.6 is 11.3 Å². The molecule has 25 heavy (non-hydrogen) atoms. The average molecular weight is 358 g/mol. The lowest BCUT2D eigenvalue weighted by Gasteiger charge is -2.42. The summed E-state index contributed by atoms with van der Waals surface area (Å²) in [4.78, 5) is 7.06. The normalized spacial score (nSPS) is 21.6. The van der Waals surface area contributed by atoms with Gasteiger partial charge in [0.2, 0.25) is 0 Å². The Bertz CT molecular complexity index is 728. The van der Waals surface area contributed by atoms with Crippen molar-refractivity contribution in [2.75, 3.05) is 26.7 Å². The van der Waals surface area contributed by atoms with Crippen molar-refractivity contribution in [3.63, 3.8) is 0 Å². The fourth-order valence-corrected chi connectivity index (χ4v) is 4.91. The van der Waals surface area contributed by atoms with Gasteiger partial charge in [-0.2, -0.15) is 10.4 Å². The maximum Gasteiger partial charge on any atom is 0.110 e. The van der Waals surface area contributed by atoms with Gasteiger partial charge in [0.1, 0.15) is 10.9 Å². The number of thiophene rings is 1. The molecule has 6 heteroatoms. The summed E-state index contributed by atoms with van der Waals surface area (Å²) in [6.45, 7) is 6.48. The monoisotopic (exact) mass is 357 g/mol. The van der Waals surface area contributed by atoms with Gasteiger partial charge in [-0.1, -0.05) is 6.92 Å². The van der Waals surface area contributed by atoms with E-state index < -0.39 is 0 Å². The lowest BCUT2D eigenvalue weighted by atomic mass is 9.85. The molecule has 2 aromatic heterocycles. The number of nitrogens with zero attached hydrogens (tertiary/aromatic N) is 5. The maximum absolute atomic E-state index is 9.00. The van der Waals surface area contributed by atoms with Gasteiger partial charge in [-0.25, -0.2) is 0 Å². The van der Waals surface area contributed by atoms with Crippen molar-refractivity contribution in [3.8, 4) is 6.07 Å². The van der Waals surface area contributed by atoms with Crippen LogP contribution in [0.25, 0.3) is 0 Å². The molecule has 1 fully saturated rings. The lowest BCUT2D eigenvalue weighted by molar-refractivity contribution is 0.0751. The molecule has 2 atom stereocenters. The van der Waals surface area contributed by atoms with Crippen molar-refractivity contribution in [2.45, 2.75) is 32.4 Å². The largest absolute Gasteiger partial charge is 0.301 e. The summed E-state index contributed by atoms with van der Waals surface area (Å²) < 4.78 is 1.91.